The van der Waals surface area contributed by atoms with Crippen LogP contribution in [0.2, 0.25) is 0 Å². The second kappa shape index (κ2) is 10.1. The fraction of sp³-hybridized carbons (Fsp3) is 0.292. The molecule has 32 heavy (non-hydrogen) atoms. The second-order valence-corrected chi connectivity index (χ2v) is 7.48. The number of unbranched alkanes of at least 4 members (excludes halogenated alkanes) is 2. The molecule has 1 aliphatic heterocycles. The number of aliphatic carboxylic acids is 1. The Morgan fingerprint density at radius 1 is 1.00 bits per heavy atom. The lowest BCUT2D eigenvalue weighted by molar-refractivity contribution is -0.140. The molecule has 1 aliphatic rings. The number of aliphatic hydroxyl groups is 1. The number of carboxylic acids is 1. The zero-order valence-electron chi connectivity index (χ0n) is 17.6. The maximum atomic E-state index is 13.5. The smallest absolute Gasteiger partial charge is 0.303 e. The monoisotopic (exact) mass is 441 g/mol. The van der Waals surface area contributed by atoms with Crippen LogP contribution >= 0.6 is 0 Å². The average Bonchev–Trinajstić information content (AvgIpc) is 3.03. The summed E-state index contributed by atoms with van der Waals surface area (Å²) in [4.78, 5) is 37.8. The third-order valence-electron chi connectivity index (χ3n) is 5.38. The number of hydrogen-bond acceptors (Lipinski definition) is 5. The number of halogens is 1. The van der Waals surface area contributed by atoms with Gasteiger partial charge in [-0.05, 0) is 54.8 Å². The van der Waals surface area contributed by atoms with Crippen molar-refractivity contribution in [3.8, 4) is 5.75 Å². The third kappa shape index (κ3) is 4.96. The van der Waals surface area contributed by atoms with Gasteiger partial charge in [0.2, 0.25) is 0 Å². The number of amides is 1. The molecule has 2 aromatic carbocycles. The molecule has 168 valence electrons. The molecule has 8 heteroatoms. The van der Waals surface area contributed by atoms with Gasteiger partial charge in [-0.2, -0.15) is 0 Å². The van der Waals surface area contributed by atoms with Crippen LogP contribution in [0.25, 0.3) is 5.76 Å². The van der Waals surface area contributed by atoms with Gasteiger partial charge in [-0.25, -0.2) is 4.39 Å². The number of ether oxygens (including phenoxy) is 1. The molecule has 0 spiro atoms. The highest BCUT2D eigenvalue weighted by atomic mass is 19.1. The molecule has 1 amide bonds. The Labute approximate surface area is 184 Å². The van der Waals surface area contributed by atoms with Crippen molar-refractivity contribution in [1.82, 2.24) is 4.90 Å². The molecule has 1 fully saturated rings. The van der Waals surface area contributed by atoms with Gasteiger partial charge in [-0.3, -0.25) is 14.4 Å². The molecule has 0 aliphatic carbocycles. The van der Waals surface area contributed by atoms with Crippen LogP contribution in [0.5, 0.6) is 5.75 Å². The van der Waals surface area contributed by atoms with Crippen molar-refractivity contribution in [2.45, 2.75) is 31.7 Å². The van der Waals surface area contributed by atoms with Crippen LogP contribution in [0.4, 0.5) is 4.39 Å². The fourth-order valence-electron chi connectivity index (χ4n) is 3.74. The zero-order chi connectivity index (χ0) is 23.3. The van der Waals surface area contributed by atoms with Gasteiger partial charge in [0.15, 0.2) is 0 Å². The minimum Gasteiger partial charge on any atom is -0.507 e. The van der Waals surface area contributed by atoms with Gasteiger partial charge >= 0.3 is 5.97 Å². The lowest BCUT2D eigenvalue weighted by atomic mass is 9.95. The first kappa shape index (κ1) is 23.0. The lowest BCUT2D eigenvalue weighted by Crippen LogP contribution is -2.30. The number of nitrogens with zero attached hydrogens (tertiary/aromatic N) is 1. The van der Waals surface area contributed by atoms with E-state index in [1.54, 1.807) is 24.3 Å². The summed E-state index contributed by atoms with van der Waals surface area (Å²) in [6.45, 7) is 0.200. The second-order valence-electron chi connectivity index (χ2n) is 7.48. The van der Waals surface area contributed by atoms with Gasteiger partial charge in [-0.1, -0.05) is 18.6 Å². The molecule has 1 atom stereocenters. The third-order valence-corrected chi connectivity index (χ3v) is 5.38. The Hall–Kier alpha value is -3.68. The quantitative estimate of drug-likeness (QED) is 0.265. The standard InChI is InChI=1S/C24H24FNO6/c1-32-18-12-8-16(9-13-18)22(29)20-21(15-6-10-17(25)11-7-15)26(24(31)23(20)30)14-4-2-3-5-19(27)28/h6-13,21,29H,2-5,14H2,1H3,(H,27,28). The number of carbonyl (C=O) groups excluding carboxylic acids is 2. The van der Waals surface area contributed by atoms with Gasteiger partial charge in [0.25, 0.3) is 11.7 Å². The van der Waals surface area contributed by atoms with Crippen molar-refractivity contribution in [3.05, 3.63) is 71.0 Å². The van der Waals surface area contributed by atoms with E-state index in [4.69, 9.17) is 9.84 Å². The number of likely N-dealkylation sites (tertiary alicyclic amines) is 1. The Morgan fingerprint density at radius 3 is 2.25 bits per heavy atom. The summed E-state index contributed by atoms with van der Waals surface area (Å²) in [5.74, 6) is -2.69. The van der Waals surface area contributed by atoms with Crippen LogP contribution in [0.3, 0.4) is 0 Å². The highest BCUT2D eigenvalue weighted by molar-refractivity contribution is 6.46. The largest absolute Gasteiger partial charge is 0.507 e. The van der Waals surface area contributed by atoms with Gasteiger partial charge in [-0.15, -0.1) is 0 Å². The topological polar surface area (TPSA) is 104 Å². The molecular formula is C24H24FNO6. The predicted octanol–water partition coefficient (Wildman–Crippen LogP) is 3.90. The number of rotatable bonds is 9. The van der Waals surface area contributed by atoms with Gasteiger partial charge < -0.3 is 19.8 Å². The maximum Gasteiger partial charge on any atom is 0.303 e. The van der Waals surface area contributed by atoms with Gasteiger partial charge in [0.1, 0.15) is 17.3 Å². The van der Waals surface area contributed by atoms with Crippen molar-refractivity contribution in [2.24, 2.45) is 0 Å². The number of benzene rings is 2. The van der Waals surface area contributed by atoms with Crippen LogP contribution in [0, 0.1) is 5.82 Å². The Bertz CT molecular complexity index is 1030. The molecule has 2 aromatic rings. The molecule has 0 radical (unpaired) electrons. The van der Waals surface area contributed by atoms with Gasteiger partial charge in [0, 0.05) is 18.5 Å². The number of Topliss-reactive ketones (excluding diaryl/α,β-unsaturated/α-hetero) is 1. The van der Waals surface area contributed by atoms with Crippen LogP contribution in [-0.4, -0.2) is 46.4 Å². The number of methoxy groups -OCH3 is 1. The fourth-order valence-corrected chi connectivity index (χ4v) is 3.74. The van der Waals surface area contributed by atoms with Gasteiger partial charge in [0.05, 0.1) is 18.7 Å². The summed E-state index contributed by atoms with van der Waals surface area (Å²) in [7, 11) is 1.51. The van der Waals surface area contributed by atoms with E-state index < -0.39 is 29.5 Å². The molecule has 7 nitrogen and oxygen atoms in total. The van der Waals surface area contributed by atoms with E-state index in [1.807, 2.05) is 0 Å². The summed E-state index contributed by atoms with van der Waals surface area (Å²) in [6.07, 6.45) is 1.52. The number of aliphatic hydroxyl groups excluding tert-OH is 1. The van der Waals surface area contributed by atoms with E-state index in [9.17, 15) is 23.9 Å². The minimum atomic E-state index is -0.892. The molecule has 0 saturated carbocycles. The van der Waals surface area contributed by atoms with Crippen LogP contribution < -0.4 is 4.74 Å². The number of carbonyl (C=O) groups is 3. The van der Waals surface area contributed by atoms with Crippen molar-refractivity contribution in [1.29, 1.82) is 0 Å². The molecular weight excluding hydrogens is 417 g/mol. The van der Waals surface area contributed by atoms with Crippen molar-refractivity contribution in [2.75, 3.05) is 13.7 Å². The summed E-state index contributed by atoms with van der Waals surface area (Å²) in [5.41, 5.74) is 0.765. The Balaban J connectivity index is 1.96. The normalized spacial score (nSPS) is 17.6. The van der Waals surface area contributed by atoms with Crippen LogP contribution in [0.15, 0.2) is 54.1 Å². The average molecular weight is 441 g/mol. The number of hydrogen-bond donors (Lipinski definition) is 2. The highest BCUT2D eigenvalue weighted by Crippen LogP contribution is 2.39. The van der Waals surface area contributed by atoms with E-state index in [2.05, 4.69) is 0 Å². The predicted molar refractivity (Wildman–Crippen MR) is 115 cm³/mol. The molecule has 2 N–H and O–H groups in total. The molecule has 3 rings (SSSR count). The number of carboxylic acid groups (broad SMARTS) is 1. The van der Waals surface area contributed by atoms with E-state index in [-0.39, 0.29) is 24.3 Å². The first-order valence-corrected chi connectivity index (χ1v) is 10.2. The highest BCUT2D eigenvalue weighted by Gasteiger charge is 2.45. The van der Waals surface area contributed by atoms with Crippen LogP contribution in [0.1, 0.15) is 42.9 Å². The first-order valence-electron chi connectivity index (χ1n) is 10.2. The SMILES string of the molecule is COc1ccc(C(O)=C2C(=O)C(=O)N(CCCCCC(=O)O)C2c2ccc(F)cc2)cc1. The van der Waals surface area contributed by atoms with Crippen molar-refractivity contribution < 1.29 is 33.7 Å². The van der Waals surface area contributed by atoms with Crippen molar-refractivity contribution in [3.63, 3.8) is 0 Å². The molecule has 1 saturated heterocycles. The first-order chi connectivity index (χ1) is 15.3. The van der Waals surface area contributed by atoms with E-state index in [0.717, 1.165) is 0 Å². The molecule has 0 aromatic heterocycles. The Morgan fingerprint density at radius 2 is 1.66 bits per heavy atom. The zero-order valence-corrected chi connectivity index (χ0v) is 17.6. The summed E-state index contributed by atoms with van der Waals surface area (Å²) < 4.78 is 18.6. The lowest BCUT2D eigenvalue weighted by Gasteiger charge is -2.25. The number of ketones is 1. The van der Waals surface area contributed by atoms with Crippen LogP contribution in [-0.2, 0) is 14.4 Å². The summed E-state index contributed by atoms with van der Waals surface area (Å²) in [6, 6.07) is 10.9. The minimum absolute atomic E-state index is 0.0255. The van der Waals surface area contributed by atoms with E-state index in [1.165, 1.54) is 36.3 Å². The van der Waals surface area contributed by atoms with E-state index in [0.29, 0.717) is 36.1 Å². The van der Waals surface area contributed by atoms with Crippen molar-refractivity contribution >= 4 is 23.4 Å². The van der Waals surface area contributed by atoms with E-state index >= 15 is 0 Å². The molecule has 1 heterocycles. The summed E-state index contributed by atoms with van der Waals surface area (Å²) in [5, 5.41) is 19.7. The summed E-state index contributed by atoms with van der Waals surface area (Å²) >= 11 is 0. The molecule has 0 bridgehead atoms. The Kier molecular flexibility index (Phi) is 7.25. The molecule has 1 unspecified atom stereocenters. The maximum absolute atomic E-state index is 13.5.